The van der Waals surface area contributed by atoms with E-state index in [1.807, 2.05) is 0 Å². The van der Waals surface area contributed by atoms with Gasteiger partial charge in [-0.25, -0.2) is 8.42 Å². The molecule has 8 heteroatoms. The maximum atomic E-state index is 13.0. The summed E-state index contributed by atoms with van der Waals surface area (Å²) in [4.78, 5) is 25.4. The number of halogens is 1. The first-order chi connectivity index (χ1) is 12.8. The quantitative estimate of drug-likeness (QED) is 0.191. The average Bonchev–Trinajstić information content (AvgIpc) is 3.48. The van der Waals surface area contributed by atoms with Gasteiger partial charge in [-0.1, -0.05) is 18.5 Å². The normalized spacial score (nSPS) is 14.7. The number of carbonyl (C=O) groups is 2. The summed E-state index contributed by atoms with van der Waals surface area (Å²) < 4.78 is 35.2. The first kappa shape index (κ1) is 21.4. The van der Waals surface area contributed by atoms with Crippen LogP contribution in [0.3, 0.4) is 0 Å². The van der Waals surface area contributed by atoms with Crippen LogP contribution in [-0.4, -0.2) is 39.0 Å². The van der Waals surface area contributed by atoms with Crippen LogP contribution in [0.1, 0.15) is 44.0 Å². The van der Waals surface area contributed by atoms with Crippen molar-refractivity contribution in [1.82, 2.24) is 0 Å². The van der Waals surface area contributed by atoms with Crippen molar-refractivity contribution >= 4 is 33.0 Å². The Labute approximate surface area is 164 Å². The average molecular weight is 415 g/mol. The van der Waals surface area contributed by atoms with Crippen molar-refractivity contribution in [2.75, 3.05) is 19.0 Å². The molecule has 0 radical (unpaired) electrons. The molecule has 0 amide bonds. The Kier molecular flexibility index (Phi) is 7.06. The predicted molar refractivity (Wildman–Crippen MR) is 102 cm³/mol. The number of ether oxygens (including phenoxy) is 2. The number of Topliss-reactive ketones (excluding diaryl/α,β-unsaturated/α-hetero) is 2. The van der Waals surface area contributed by atoms with Crippen molar-refractivity contribution in [3.05, 3.63) is 34.6 Å². The zero-order valence-electron chi connectivity index (χ0n) is 15.6. The van der Waals surface area contributed by atoms with E-state index in [1.54, 1.807) is 13.8 Å². The summed E-state index contributed by atoms with van der Waals surface area (Å²) in [6, 6.07) is 2.61. The lowest BCUT2D eigenvalue weighted by Gasteiger charge is -2.15. The van der Waals surface area contributed by atoms with Crippen LogP contribution in [0, 0.1) is 5.92 Å². The molecule has 0 atom stereocenters. The van der Waals surface area contributed by atoms with Crippen LogP contribution in [0.2, 0.25) is 5.02 Å². The first-order valence-electron chi connectivity index (χ1n) is 8.87. The summed E-state index contributed by atoms with van der Waals surface area (Å²) in [6.07, 6.45) is 2.64. The minimum atomic E-state index is -3.60. The molecule has 1 aliphatic carbocycles. The third-order valence-electron chi connectivity index (χ3n) is 4.14. The van der Waals surface area contributed by atoms with E-state index in [9.17, 15) is 18.0 Å². The van der Waals surface area contributed by atoms with E-state index in [2.05, 4.69) is 0 Å². The molecule has 0 saturated heterocycles. The fourth-order valence-corrected chi connectivity index (χ4v) is 3.88. The Hall–Kier alpha value is -1.86. The number of sulfone groups is 1. The number of carbonyl (C=O) groups excluding carboxylic acids is 2. The molecule has 1 aromatic carbocycles. The van der Waals surface area contributed by atoms with Gasteiger partial charge in [-0.3, -0.25) is 9.59 Å². The molecule has 27 heavy (non-hydrogen) atoms. The van der Waals surface area contributed by atoms with Gasteiger partial charge in [-0.2, -0.15) is 0 Å². The van der Waals surface area contributed by atoms with Crippen molar-refractivity contribution in [2.24, 2.45) is 5.92 Å². The molecule has 0 unspecified atom stereocenters. The van der Waals surface area contributed by atoms with E-state index in [1.165, 1.54) is 19.1 Å². The maximum Gasteiger partial charge on any atom is 0.201 e. The Morgan fingerprint density at radius 1 is 1.19 bits per heavy atom. The second-order valence-electron chi connectivity index (χ2n) is 6.05. The number of benzene rings is 1. The van der Waals surface area contributed by atoms with Gasteiger partial charge in [0, 0.05) is 11.5 Å². The molecule has 0 spiro atoms. The third-order valence-corrected chi connectivity index (χ3v) is 6.26. The smallest absolute Gasteiger partial charge is 0.201 e. The van der Waals surface area contributed by atoms with Crippen molar-refractivity contribution in [3.8, 4) is 5.75 Å². The van der Waals surface area contributed by atoms with E-state index in [4.69, 9.17) is 21.1 Å². The zero-order chi connectivity index (χ0) is 20.2. The highest BCUT2D eigenvalue weighted by molar-refractivity contribution is 7.91. The SMILES string of the molecule is CCOC=C(C(=O)c1ccc(S(=O)(=O)CC)c(OCC)c1Cl)C(=O)C1CC1. The van der Waals surface area contributed by atoms with Gasteiger partial charge in [0.1, 0.15) is 10.5 Å². The molecule has 2 rings (SSSR count). The molecule has 6 nitrogen and oxygen atoms in total. The topological polar surface area (TPSA) is 86.7 Å². The van der Waals surface area contributed by atoms with E-state index in [0.29, 0.717) is 6.61 Å². The van der Waals surface area contributed by atoms with Crippen molar-refractivity contribution in [3.63, 3.8) is 0 Å². The summed E-state index contributed by atoms with van der Waals surface area (Å²) >= 11 is 6.34. The summed E-state index contributed by atoms with van der Waals surface area (Å²) in [5.74, 6) is -1.27. The minimum absolute atomic E-state index is 0.00937. The summed E-state index contributed by atoms with van der Waals surface area (Å²) in [5, 5.41) is -0.123. The minimum Gasteiger partial charge on any atom is -0.501 e. The molecule has 0 bridgehead atoms. The predicted octanol–water partition coefficient (Wildman–Crippen LogP) is 3.61. The van der Waals surface area contributed by atoms with Crippen molar-refractivity contribution in [2.45, 2.75) is 38.5 Å². The molecule has 1 aliphatic rings. The number of rotatable bonds is 10. The molecule has 0 aromatic heterocycles. The fourth-order valence-electron chi connectivity index (χ4n) is 2.49. The summed E-state index contributed by atoms with van der Waals surface area (Å²) in [6.45, 7) is 5.41. The standard InChI is InChI=1S/C19H23ClO6S/c1-4-25-11-14(17(21)12-7-8-12)18(22)13-9-10-15(27(23,24)6-3)19(16(13)20)26-5-2/h9-12H,4-8H2,1-3H3. The van der Waals surface area contributed by atoms with Gasteiger partial charge in [0.2, 0.25) is 5.78 Å². The molecule has 0 N–H and O–H groups in total. The summed E-state index contributed by atoms with van der Waals surface area (Å²) in [7, 11) is -3.60. The molecule has 1 aromatic rings. The number of allylic oxidation sites excluding steroid dienone is 1. The molecule has 1 saturated carbocycles. The van der Waals surface area contributed by atoms with Crippen molar-refractivity contribution < 1.29 is 27.5 Å². The highest BCUT2D eigenvalue weighted by Crippen LogP contribution is 2.38. The van der Waals surface area contributed by atoms with Gasteiger partial charge < -0.3 is 9.47 Å². The van der Waals surface area contributed by atoms with Crippen LogP contribution < -0.4 is 4.74 Å². The second-order valence-corrected chi connectivity index (χ2v) is 8.67. The van der Waals surface area contributed by atoms with Crippen molar-refractivity contribution in [1.29, 1.82) is 0 Å². The van der Waals surface area contributed by atoms with Crippen LogP contribution in [-0.2, 0) is 19.4 Å². The molecular weight excluding hydrogens is 392 g/mol. The molecule has 0 aliphatic heterocycles. The van der Waals surface area contributed by atoms with E-state index in [0.717, 1.165) is 19.1 Å². The zero-order valence-corrected chi connectivity index (χ0v) is 17.2. The first-order valence-corrected chi connectivity index (χ1v) is 10.9. The Bertz CT molecular complexity index is 868. The highest BCUT2D eigenvalue weighted by Gasteiger charge is 2.36. The summed E-state index contributed by atoms with van der Waals surface area (Å²) in [5.41, 5.74) is -0.0788. The molecule has 148 valence electrons. The largest absolute Gasteiger partial charge is 0.501 e. The van der Waals surface area contributed by atoms with Crippen LogP contribution in [0.25, 0.3) is 0 Å². The second kappa shape index (κ2) is 8.89. The highest BCUT2D eigenvalue weighted by atomic mass is 35.5. The molecule has 1 fully saturated rings. The monoisotopic (exact) mass is 414 g/mol. The van der Waals surface area contributed by atoms with E-state index < -0.39 is 15.6 Å². The Morgan fingerprint density at radius 3 is 2.37 bits per heavy atom. The van der Waals surface area contributed by atoms with E-state index >= 15 is 0 Å². The lowest BCUT2D eigenvalue weighted by Crippen LogP contribution is -2.17. The van der Waals surface area contributed by atoms with Gasteiger partial charge in [-0.05, 0) is 38.8 Å². The van der Waals surface area contributed by atoms with Gasteiger partial charge in [0.15, 0.2) is 21.4 Å². The Morgan fingerprint density at radius 2 is 1.85 bits per heavy atom. The van der Waals surface area contributed by atoms with Crippen LogP contribution in [0.15, 0.2) is 28.9 Å². The fraction of sp³-hybridized carbons (Fsp3) is 0.474. The third kappa shape index (κ3) is 4.71. The van der Waals surface area contributed by atoms with Crippen LogP contribution >= 0.6 is 11.6 Å². The number of hydrogen-bond acceptors (Lipinski definition) is 6. The van der Waals surface area contributed by atoms with Gasteiger partial charge in [-0.15, -0.1) is 0 Å². The maximum absolute atomic E-state index is 13.0. The molecular formula is C19H23ClO6S. The van der Waals surface area contributed by atoms with Crippen LogP contribution in [0.4, 0.5) is 0 Å². The van der Waals surface area contributed by atoms with Gasteiger partial charge in [0.25, 0.3) is 0 Å². The van der Waals surface area contributed by atoms with Gasteiger partial charge in [0.05, 0.1) is 30.3 Å². The van der Waals surface area contributed by atoms with E-state index in [-0.39, 0.29) is 50.9 Å². The van der Waals surface area contributed by atoms with Crippen LogP contribution in [0.5, 0.6) is 5.75 Å². The van der Waals surface area contributed by atoms with Gasteiger partial charge >= 0.3 is 0 Å². The number of hydrogen-bond donors (Lipinski definition) is 0. The lowest BCUT2D eigenvalue weighted by atomic mass is 9.98. The lowest BCUT2D eigenvalue weighted by molar-refractivity contribution is -0.116. The Balaban J connectivity index is 2.54. The number of ketones is 2. The molecule has 0 heterocycles.